The van der Waals surface area contributed by atoms with E-state index < -0.39 is 90.2 Å². The first-order valence-electron chi connectivity index (χ1n) is 17.3. The summed E-state index contributed by atoms with van der Waals surface area (Å²) >= 11 is 0. The van der Waals surface area contributed by atoms with Crippen molar-refractivity contribution in [2.75, 3.05) is 0 Å². The number of halogens is 8. The van der Waals surface area contributed by atoms with Crippen LogP contribution in [0.4, 0.5) is 35.1 Å². The molecule has 0 N–H and O–H groups in total. The molecule has 3 aromatic rings. The molecule has 1 nitrogen and oxygen atoms in total. The van der Waals surface area contributed by atoms with E-state index >= 15 is 22.0 Å². The van der Waals surface area contributed by atoms with Crippen LogP contribution in [-0.2, 0) is 0 Å². The fraction of sp³-hybridized carbons (Fsp3) is 0.611. The normalized spacial score (nSPS) is 13.7. The number of fused-ring (bicyclic) bond motifs is 2. The number of benzene rings is 3. The lowest BCUT2D eigenvalue weighted by atomic mass is 9.99. The van der Waals surface area contributed by atoms with Crippen molar-refractivity contribution in [1.29, 1.82) is 0 Å². The number of rotatable bonds is 19. The second kappa shape index (κ2) is 17.0. The van der Waals surface area contributed by atoms with Crippen LogP contribution < -0.4 is 4.43 Å². The van der Waals surface area contributed by atoms with Gasteiger partial charge in [0.25, 0.3) is 8.32 Å². The van der Waals surface area contributed by atoms with Gasteiger partial charge < -0.3 is 4.43 Å². The highest BCUT2D eigenvalue weighted by Crippen LogP contribution is 2.44. The Hall–Kier alpha value is -2.15. The summed E-state index contributed by atoms with van der Waals surface area (Å²) in [6.45, 7) is 12.9. The molecule has 0 aliphatic rings. The van der Waals surface area contributed by atoms with Crippen molar-refractivity contribution in [1.82, 2.24) is 0 Å². The van der Waals surface area contributed by atoms with Crippen LogP contribution in [0.1, 0.15) is 98.8 Å². The van der Waals surface area contributed by atoms with Crippen LogP contribution in [0, 0.1) is 52.6 Å². The molecule has 3 aromatic carbocycles. The molecular weight excluding hydrogens is 657 g/mol. The molecule has 0 aromatic heterocycles. The highest BCUT2D eigenvalue weighted by Gasteiger charge is 2.42. The smallest absolute Gasteiger partial charge is 0.254 e. The molecule has 1 atom stereocenters. The molecule has 0 saturated carbocycles. The van der Waals surface area contributed by atoms with Gasteiger partial charge in [0.05, 0.1) is 16.2 Å². The number of unbranched alkanes of at least 4 members (excludes halogenated alkanes) is 8. The molecule has 263 valence electrons. The van der Waals surface area contributed by atoms with Crippen molar-refractivity contribution >= 4 is 37.9 Å². The molecule has 0 amide bonds. The van der Waals surface area contributed by atoms with Gasteiger partial charge in [0.15, 0.2) is 34.8 Å². The summed E-state index contributed by atoms with van der Waals surface area (Å²) in [6, 6.07) is 6.51. The van der Waals surface area contributed by atoms with Gasteiger partial charge in [-0.05, 0) is 17.6 Å². The van der Waals surface area contributed by atoms with E-state index in [1.807, 2.05) is 13.8 Å². The Kier molecular flexibility index (Phi) is 14.2. The zero-order valence-electron chi connectivity index (χ0n) is 28.6. The molecule has 1 radical (unpaired) electrons. The van der Waals surface area contributed by atoms with Crippen molar-refractivity contribution < 1.29 is 39.5 Å². The van der Waals surface area contributed by atoms with Gasteiger partial charge in [0, 0.05) is 19.5 Å². The summed E-state index contributed by atoms with van der Waals surface area (Å²) in [5.74, 6) is -16.8. The predicted molar refractivity (Wildman–Crippen MR) is 180 cm³/mol. The Bertz CT molecular complexity index is 1530. The fourth-order valence-electron chi connectivity index (χ4n) is 6.57. The molecule has 0 spiro atoms. The SMILES string of the molecule is CCCCCC[Si](CCCCCCCC[Si](C)(CC)CC)(Oc1c(F)c(F)c2c(F)c3c(F)c(F)c(F)[c]c3c(F)c2c1F)C(C)C. The van der Waals surface area contributed by atoms with Gasteiger partial charge in [-0.2, -0.15) is 4.39 Å². The molecule has 0 aliphatic heterocycles. The van der Waals surface area contributed by atoms with E-state index in [0.29, 0.717) is 12.1 Å². The lowest BCUT2D eigenvalue weighted by Gasteiger charge is -2.36. The third-order valence-corrected chi connectivity index (χ3v) is 20.5. The van der Waals surface area contributed by atoms with Crippen LogP contribution in [0.2, 0.25) is 42.3 Å². The lowest BCUT2D eigenvalue weighted by Crippen LogP contribution is -2.45. The van der Waals surface area contributed by atoms with Gasteiger partial charge in [-0.1, -0.05) is 124 Å². The molecule has 11 heteroatoms. The highest BCUT2D eigenvalue weighted by atomic mass is 28.4. The van der Waals surface area contributed by atoms with E-state index in [1.165, 1.54) is 24.6 Å². The first kappa shape index (κ1) is 39.3. The van der Waals surface area contributed by atoms with Gasteiger partial charge >= 0.3 is 0 Å². The molecular formula is C36H49F8OSi2. The molecule has 0 bridgehead atoms. The van der Waals surface area contributed by atoms with Crippen molar-refractivity contribution in [3.8, 4) is 5.75 Å². The maximum atomic E-state index is 16.1. The lowest BCUT2D eigenvalue weighted by molar-refractivity contribution is 0.406. The molecule has 0 saturated heterocycles. The van der Waals surface area contributed by atoms with Crippen LogP contribution in [0.5, 0.6) is 5.75 Å². The fourth-order valence-corrected chi connectivity index (χ4v) is 13.0. The minimum absolute atomic E-state index is 0.162. The van der Waals surface area contributed by atoms with Crippen molar-refractivity contribution in [3.63, 3.8) is 0 Å². The zero-order chi connectivity index (χ0) is 35.1. The van der Waals surface area contributed by atoms with Crippen LogP contribution in [-0.4, -0.2) is 16.4 Å². The third-order valence-electron chi connectivity index (χ3n) is 10.4. The van der Waals surface area contributed by atoms with E-state index in [9.17, 15) is 13.2 Å². The van der Waals surface area contributed by atoms with E-state index in [4.69, 9.17) is 4.43 Å². The van der Waals surface area contributed by atoms with Crippen LogP contribution in [0.15, 0.2) is 0 Å². The minimum Gasteiger partial charge on any atom is -0.539 e. The average molecular weight is 706 g/mol. The largest absolute Gasteiger partial charge is 0.539 e. The predicted octanol–water partition coefficient (Wildman–Crippen LogP) is 13.7. The standard InChI is InChI=1S/C36H49F8OSi2/c1-7-10-11-17-20-47(23(4)5,21-18-15-13-12-14-16-19-46(6,8-2)9-3)45-36-34(43)27-28(33(42)35(36)44)31(40)26-24(29(27)38)22-25(37)30(39)32(26)41/h23H,7-21H2,1-6H3. The molecule has 47 heavy (non-hydrogen) atoms. The summed E-state index contributed by atoms with van der Waals surface area (Å²) in [7, 11) is -4.21. The van der Waals surface area contributed by atoms with E-state index in [1.54, 1.807) is 6.07 Å². The first-order valence-corrected chi connectivity index (χ1v) is 22.8. The van der Waals surface area contributed by atoms with Crippen LogP contribution in [0.3, 0.4) is 0 Å². The Labute approximate surface area is 276 Å². The Morgan fingerprint density at radius 2 is 1.04 bits per heavy atom. The summed E-state index contributed by atoms with van der Waals surface area (Å²) in [6.07, 6.45) is 9.61. The van der Waals surface area contributed by atoms with Gasteiger partial charge in [-0.15, -0.1) is 0 Å². The Morgan fingerprint density at radius 3 is 1.57 bits per heavy atom. The van der Waals surface area contributed by atoms with Gasteiger partial charge in [-0.3, -0.25) is 0 Å². The van der Waals surface area contributed by atoms with Crippen LogP contribution in [0.25, 0.3) is 21.5 Å². The summed E-state index contributed by atoms with van der Waals surface area (Å²) < 4.78 is 127. The summed E-state index contributed by atoms with van der Waals surface area (Å²) in [5, 5.41) is -5.66. The molecule has 1 unspecified atom stereocenters. The zero-order valence-corrected chi connectivity index (χ0v) is 30.6. The van der Waals surface area contributed by atoms with Gasteiger partial charge in [-0.25, -0.2) is 30.7 Å². The molecule has 0 fully saturated rings. The third kappa shape index (κ3) is 8.54. The maximum absolute atomic E-state index is 16.1. The van der Waals surface area contributed by atoms with Crippen LogP contribution >= 0.6 is 0 Å². The second-order valence-electron chi connectivity index (χ2n) is 13.7. The maximum Gasteiger partial charge on any atom is 0.254 e. The van der Waals surface area contributed by atoms with Gasteiger partial charge in [0.2, 0.25) is 5.82 Å². The van der Waals surface area contributed by atoms with E-state index in [2.05, 4.69) is 27.3 Å². The van der Waals surface area contributed by atoms with Crippen molar-refractivity contribution in [2.45, 2.75) is 141 Å². The first-order chi connectivity index (χ1) is 22.2. The second-order valence-corrected chi connectivity index (χ2v) is 23.8. The number of hydrogen-bond acceptors (Lipinski definition) is 1. The average Bonchev–Trinajstić information content (AvgIpc) is 3.04. The Balaban J connectivity index is 1.96. The van der Waals surface area contributed by atoms with Gasteiger partial charge in [0.1, 0.15) is 11.6 Å². The monoisotopic (exact) mass is 705 g/mol. The quantitative estimate of drug-likeness (QED) is 0.0301. The highest BCUT2D eigenvalue weighted by molar-refractivity contribution is 6.78. The van der Waals surface area contributed by atoms with E-state index in [0.717, 1.165) is 57.8 Å². The van der Waals surface area contributed by atoms with Crippen molar-refractivity contribution in [2.24, 2.45) is 0 Å². The van der Waals surface area contributed by atoms with E-state index in [-0.39, 0.29) is 5.54 Å². The summed E-state index contributed by atoms with van der Waals surface area (Å²) in [5.41, 5.74) is -0.162. The minimum atomic E-state index is -3.09. The topological polar surface area (TPSA) is 9.23 Å². The number of hydrogen-bond donors (Lipinski definition) is 0. The molecule has 0 aliphatic carbocycles. The molecule has 0 heterocycles. The Morgan fingerprint density at radius 1 is 0.553 bits per heavy atom. The summed E-state index contributed by atoms with van der Waals surface area (Å²) in [4.78, 5) is 0. The van der Waals surface area contributed by atoms with Crippen molar-refractivity contribution in [3.05, 3.63) is 52.6 Å². The molecule has 3 rings (SSSR count).